The predicted molar refractivity (Wildman–Crippen MR) is 82.9 cm³/mol. The molecule has 0 radical (unpaired) electrons. The fourth-order valence-corrected chi connectivity index (χ4v) is 2.32. The molecular weight excluding hydrogens is 264 g/mol. The third-order valence-electron chi connectivity index (χ3n) is 3.41. The summed E-state index contributed by atoms with van der Waals surface area (Å²) in [5, 5.41) is 10.5. The topological polar surface area (TPSA) is 38.7 Å². The smallest absolute Gasteiger partial charge is 0.147 e. The van der Waals surface area contributed by atoms with Crippen molar-refractivity contribution in [1.29, 1.82) is 0 Å². The highest BCUT2D eigenvalue weighted by molar-refractivity contribution is 5.19. The van der Waals surface area contributed by atoms with Gasteiger partial charge in [0.1, 0.15) is 12.9 Å². The summed E-state index contributed by atoms with van der Waals surface area (Å²) in [6.45, 7) is 0.169. The van der Waals surface area contributed by atoms with Crippen LogP contribution in [0.1, 0.15) is 23.7 Å². The molecule has 3 heteroatoms. The summed E-state index contributed by atoms with van der Waals surface area (Å²) in [7, 11) is 1.58. The molecule has 0 aromatic heterocycles. The first kappa shape index (κ1) is 15.7. The van der Waals surface area contributed by atoms with Crippen molar-refractivity contribution >= 4 is 0 Å². The fraction of sp³-hybridized carbons (Fsp3) is 0.333. The summed E-state index contributed by atoms with van der Waals surface area (Å²) in [5.74, 6) is 0. The summed E-state index contributed by atoms with van der Waals surface area (Å²) in [6.07, 6.45) is 0.534. The van der Waals surface area contributed by atoms with Crippen LogP contribution in [-0.2, 0) is 15.9 Å². The molecule has 0 heterocycles. The van der Waals surface area contributed by atoms with Crippen molar-refractivity contribution in [1.82, 2.24) is 0 Å². The number of aryl methyl sites for hydroxylation is 1. The standard InChI is InChI=1S/C18H22O3/c1-20-14-21-18(16-10-6-3-7-11-16)17(19)13-12-15-8-4-2-5-9-15/h2-11,17-19H,12-14H2,1H3/t17-,18+/m1/s1. The molecule has 2 rings (SSSR count). The highest BCUT2D eigenvalue weighted by Gasteiger charge is 2.21. The number of rotatable bonds is 8. The SMILES string of the molecule is COCO[C@@H](c1ccccc1)[C@H](O)CCc1ccccc1. The number of benzene rings is 2. The van der Waals surface area contributed by atoms with E-state index in [0.29, 0.717) is 6.42 Å². The van der Waals surface area contributed by atoms with Gasteiger partial charge >= 0.3 is 0 Å². The van der Waals surface area contributed by atoms with E-state index in [2.05, 4.69) is 12.1 Å². The van der Waals surface area contributed by atoms with Crippen LogP contribution in [0, 0.1) is 0 Å². The number of hydrogen-bond donors (Lipinski definition) is 1. The van der Waals surface area contributed by atoms with E-state index in [0.717, 1.165) is 12.0 Å². The van der Waals surface area contributed by atoms with Crippen LogP contribution in [0.15, 0.2) is 60.7 Å². The van der Waals surface area contributed by atoms with E-state index in [1.54, 1.807) is 7.11 Å². The zero-order chi connectivity index (χ0) is 14.9. The van der Waals surface area contributed by atoms with Crippen LogP contribution < -0.4 is 0 Å². The van der Waals surface area contributed by atoms with Gasteiger partial charge in [0, 0.05) is 7.11 Å². The molecule has 2 atom stereocenters. The quantitative estimate of drug-likeness (QED) is 0.756. The van der Waals surface area contributed by atoms with Crippen LogP contribution in [-0.4, -0.2) is 25.1 Å². The van der Waals surface area contributed by atoms with Gasteiger partial charge in [-0.1, -0.05) is 60.7 Å². The van der Waals surface area contributed by atoms with Gasteiger partial charge in [-0.25, -0.2) is 0 Å². The second kappa shape index (κ2) is 8.57. The number of methoxy groups -OCH3 is 1. The van der Waals surface area contributed by atoms with E-state index >= 15 is 0 Å². The van der Waals surface area contributed by atoms with Crippen LogP contribution in [0.2, 0.25) is 0 Å². The van der Waals surface area contributed by atoms with Crippen LogP contribution in [0.5, 0.6) is 0 Å². The molecule has 0 unspecified atom stereocenters. The molecule has 0 aliphatic heterocycles. The van der Waals surface area contributed by atoms with Crippen molar-refractivity contribution < 1.29 is 14.6 Å². The van der Waals surface area contributed by atoms with E-state index in [4.69, 9.17) is 9.47 Å². The van der Waals surface area contributed by atoms with Gasteiger partial charge in [-0.3, -0.25) is 0 Å². The first-order chi connectivity index (χ1) is 10.3. The predicted octanol–water partition coefficient (Wildman–Crippen LogP) is 3.34. The van der Waals surface area contributed by atoms with Gasteiger partial charge in [0.25, 0.3) is 0 Å². The molecule has 0 aliphatic carbocycles. The van der Waals surface area contributed by atoms with Crippen LogP contribution in [0.25, 0.3) is 0 Å². The average molecular weight is 286 g/mol. The Morgan fingerprint density at radius 1 is 0.952 bits per heavy atom. The molecule has 0 aliphatic rings. The third-order valence-corrected chi connectivity index (χ3v) is 3.41. The average Bonchev–Trinajstić information content (AvgIpc) is 2.55. The summed E-state index contributed by atoms with van der Waals surface area (Å²) in [6, 6.07) is 19.9. The Hall–Kier alpha value is -1.68. The number of hydrogen-bond acceptors (Lipinski definition) is 3. The summed E-state index contributed by atoms with van der Waals surface area (Å²) in [4.78, 5) is 0. The lowest BCUT2D eigenvalue weighted by Crippen LogP contribution is -2.23. The summed E-state index contributed by atoms with van der Waals surface area (Å²) < 4.78 is 10.6. The van der Waals surface area contributed by atoms with Crippen molar-refractivity contribution in [3.63, 3.8) is 0 Å². The molecule has 0 bridgehead atoms. The Bertz CT molecular complexity index is 498. The van der Waals surface area contributed by atoms with Crippen molar-refractivity contribution in [2.45, 2.75) is 25.0 Å². The van der Waals surface area contributed by atoms with Crippen molar-refractivity contribution in [2.75, 3.05) is 13.9 Å². The van der Waals surface area contributed by atoms with Gasteiger partial charge < -0.3 is 14.6 Å². The Balaban J connectivity index is 1.99. The minimum absolute atomic E-state index is 0.169. The lowest BCUT2D eigenvalue weighted by atomic mass is 9.98. The Labute approximate surface area is 126 Å². The van der Waals surface area contributed by atoms with Gasteiger partial charge in [0.15, 0.2) is 0 Å². The molecule has 3 nitrogen and oxygen atoms in total. The minimum atomic E-state index is -0.567. The molecule has 0 saturated carbocycles. The Morgan fingerprint density at radius 3 is 2.19 bits per heavy atom. The largest absolute Gasteiger partial charge is 0.390 e. The zero-order valence-corrected chi connectivity index (χ0v) is 12.3. The molecule has 0 saturated heterocycles. The number of aliphatic hydroxyl groups is 1. The molecule has 21 heavy (non-hydrogen) atoms. The second-order valence-corrected chi connectivity index (χ2v) is 5.00. The van der Waals surface area contributed by atoms with Gasteiger partial charge in [-0.15, -0.1) is 0 Å². The van der Waals surface area contributed by atoms with Crippen molar-refractivity contribution in [2.24, 2.45) is 0 Å². The highest BCUT2D eigenvalue weighted by Crippen LogP contribution is 2.24. The third kappa shape index (κ3) is 4.97. The van der Waals surface area contributed by atoms with Gasteiger partial charge in [0.2, 0.25) is 0 Å². The number of ether oxygens (including phenoxy) is 2. The van der Waals surface area contributed by atoms with Gasteiger partial charge in [-0.2, -0.15) is 0 Å². The van der Waals surface area contributed by atoms with E-state index in [1.165, 1.54) is 5.56 Å². The molecule has 2 aromatic rings. The Kier molecular flexibility index (Phi) is 6.41. The fourth-order valence-electron chi connectivity index (χ4n) is 2.32. The molecule has 0 spiro atoms. The van der Waals surface area contributed by atoms with Gasteiger partial charge in [-0.05, 0) is 24.0 Å². The first-order valence-electron chi connectivity index (χ1n) is 7.18. The molecule has 112 valence electrons. The number of aliphatic hydroxyl groups excluding tert-OH is 1. The maximum atomic E-state index is 10.5. The summed E-state index contributed by atoms with van der Waals surface area (Å²) >= 11 is 0. The summed E-state index contributed by atoms with van der Waals surface area (Å²) in [5.41, 5.74) is 2.19. The van der Waals surface area contributed by atoms with Gasteiger partial charge in [0.05, 0.1) is 6.10 Å². The normalized spacial score (nSPS) is 13.8. The second-order valence-electron chi connectivity index (χ2n) is 5.00. The van der Waals surface area contributed by atoms with Crippen LogP contribution in [0.4, 0.5) is 0 Å². The minimum Gasteiger partial charge on any atom is -0.390 e. The molecule has 0 amide bonds. The lowest BCUT2D eigenvalue weighted by molar-refractivity contribution is -0.116. The van der Waals surface area contributed by atoms with E-state index in [-0.39, 0.29) is 12.9 Å². The maximum absolute atomic E-state index is 10.5. The van der Waals surface area contributed by atoms with E-state index in [9.17, 15) is 5.11 Å². The molecule has 2 aromatic carbocycles. The van der Waals surface area contributed by atoms with Crippen LogP contribution >= 0.6 is 0 Å². The molecule has 1 N–H and O–H groups in total. The molecular formula is C18H22O3. The monoisotopic (exact) mass is 286 g/mol. The maximum Gasteiger partial charge on any atom is 0.147 e. The first-order valence-corrected chi connectivity index (χ1v) is 7.18. The van der Waals surface area contributed by atoms with Crippen molar-refractivity contribution in [3.05, 3.63) is 71.8 Å². The Morgan fingerprint density at radius 2 is 1.57 bits per heavy atom. The molecule has 0 fully saturated rings. The van der Waals surface area contributed by atoms with E-state index in [1.807, 2.05) is 48.5 Å². The highest BCUT2D eigenvalue weighted by atomic mass is 16.7. The van der Waals surface area contributed by atoms with Crippen LogP contribution in [0.3, 0.4) is 0 Å². The zero-order valence-electron chi connectivity index (χ0n) is 12.3. The van der Waals surface area contributed by atoms with E-state index < -0.39 is 6.10 Å². The lowest BCUT2D eigenvalue weighted by Gasteiger charge is -2.23. The van der Waals surface area contributed by atoms with Crippen molar-refractivity contribution in [3.8, 4) is 0 Å².